The average molecular weight is 346 g/mol. The highest BCUT2D eigenvalue weighted by atomic mass is 31.2. The molecule has 2 unspecified atom stereocenters. The van der Waals surface area contributed by atoms with Crippen molar-refractivity contribution in [3.63, 3.8) is 0 Å². The Hall–Kier alpha value is -1.57. The lowest BCUT2D eigenvalue weighted by Crippen LogP contribution is -2.03. The summed E-state index contributed by atoms with van der Waals surface area (Å²) in [5.74, 6) is 1.97. The molecule has 0 aromatic heterocycles. The second kappa shape index (κ2) is 10.3. The van der Waals surface area contributed by atoms with Crippen LogP contribution >= 0.6 is 8.60 Å². The van der Waals surface area contributed by atoms with Crippen LogP contribution in [0.4, 0.5) is 0 Å². The van der Waals surface area contributed by atoms with Gasteiger partial charge in [-0.1, -0.05) is 69.9 Å². The fraction of sp³-hybridized carbons (Fsp3) is 0.400. The van der Waals surface area contributed by atoms with E-state index in [0.29, 0.717) is 11.5 Å². The molecule has 0 amide bonds. The minimum atomic E-state index is -1.97. The molecule has 0 bridgehead atoms. The van der Waals surface area contributed by atoms with Crippen molar-refractivity contribution in [1.29, 1.82) is 0 Å². The monoisotopic (exact) mass is 346 g/mol. The summed E-state index contributed by atoms with van der Waals surface area (Å²) < 4.78 is 10.8. The Kier molecular flexibility index (Phi) is 8.07. The molecule has 2 atom stereocenters. The molecule has 1 N–H and O–H groups in total. The zero-order chi connectivity index (χ0) is 17.2. The van der Waals surface area contributed by atoms with Crippen molar-refractivity contribution in [3.8, 4) is 11.5 Å². The molecule has 0 aliphatic rings. The van der Waals surface area contributed by atoms with E-state index in [0.717, 1.165) is 12.3 Å². The molecular weight excluding hydrogens is 319 g/mol. The van der Waals surface area contributed by atoms with Gasteiger partial charge in [0, 0.05) is 0 Å². The number of unbranched alkanes of at least 4 members (excludes halogenated alkanes) is 1. The van der Waals surface area contributed by atoms with E-state index in [1.165, 1.54) is 31.2 Å². The van der Waals surface area contributed by atoms with Gasteiger partial charge in [0.1, 0.15) is 11.5 Å². The summed E-state index contributed by atoms with van der Waals surface area (Å²) in [5, 5.41) is 0. The SMILES string of the molecule is CCCCC(CC)Cc1ccc(OP(O)Oc2ccccc2)cc1. The molecule has 4 heteroatoms. The maximum absolute atomic E-state index is 9.93. The summed E-state index contributed by atoms with van der Waals surface area (Å²) in [6, 6.07) is 17.2. The second-order valence-electron chi connectivity index (χ2n) is 6.00. The minimum absolute atomic E-state index is 0.601. The first-order valence-corrected chi connectivity index (χ1v) is 9.83. The lowest BCUT2D eigenvalue weighted by Gasteiger charge is -2.15. The Morgan fingerprint density at radius 2 is 1.54 bits per heavy atom. The van der Waals surface area contributed by atoms with E-state index < -0.39 is 8.60 Å². The van der Waals surface area contributed by atoms with Crippen molar-refractivity contribution in [2.75, 3.05) is 0 Å². The Bertz CT molecular complexity index is 571. The van der Waals surface area contributed by atoms with Crippen molar-refractivity contribution < 1.29 is 13.9 Å². The summed E-state index contributed by atoms with van der Waals surface area (Å²) in [6.45, 7) is 4.50. The van der Waals surface area contributed by atoms with Crippen LogP contribution in [-0.4, -0.2) is 4.89 Å². The molecule has 0 spiro atoms. The second-order valence-corrected chi connectivity index (χ2v) is 6.84. The first-order chi connectivity index (χ1) is 11.7. The average Bonchev–Trinajstić information content (AvgIpc) is 2.61. The summed E-state index contributed by atoms with van der Waals surface area (Å²) in [6.07, 6.45) is 6.16. The Labute approximate surface area is 146 Å². The molecule has 2 aromatic rings. The molecule has 2 aromatic carbocycles. The van der Waals surface area contributed by atoms with Crippen LogP contribution in [0.2, 0.25) is 0 Å². The first kappa shape index (κ1) is 18.8. The van der Waals surface area contributed by atoms with Crippen molar-refractivity contribution in [2.45, 2.75) is 46.0 Å². The van der Waals surface area contributed by atoms with Gasteiger partial charge in [-0.15, -0.1) is 0 Å². The van der Waals surface area contributed by atoms with Crippen LogP contribution in [0.1, 0.15) is 45.1 Å². The molecule has 3 nitrogen and oxygen atoms in total. The fourth-order valence-electron chi connectivity index (χ4n) is 2.64. The highest BCUT2D eigenvalue weighted by Gasteiger charge is 2.12. The zero-order valence-corrected chi connectivity index (χ0v) is 15.4. The minimum Gasteiger partial charge on any atom is -0.418 e. The predicted octanol–water partition coefficient (Wildman–Crippen LogP) is 6.12. The number of para-hydroxylation sites is 1. The van der Waals surface area contributed by atoms with Crippen LogP contribution < -0.4 is 9.05 Å². The molecular formula is C20H27O3P. The third-order valence-corrected chi connectivity index (χ3v) is 4.84. The maximum atomic E-state index is 9.93. The van der Waals surface area contributed by atoms with E-state index >= 15 is 0 Å². The van der Waals surface area contributed by atoms with Gasteiger partial charge in [0.15, 0.2) is 0 Å². The summed E-state index contributed by atoms with van der Waals surface area (Å²) >= 11 is 0. The van der Waals surface area contributed by atoms with Gasteiger partial charge in [-0.2, -0.15) is 0 Å². The van der Waals surface area contributed by atoms with Gasteiger partial charge in [0.25, 0.3) is 0 Å². The molecule has 0 saturated carbocycles. The largest absolute Gasteiger partial charge is 0.460 e. The van der Waals surface area contributed by atoms with Gasteiger partial charge >= 0.3 is 8.60 Å². The Morgan fingerprint density at radius 3 is 2.12 bits per heavy atom. The lowest BCUT2D eigenvalue weighted by molar-refractivity contribution is 0.381. The predicted molar refractivity (Wildman–Crippen MR) is 100 cm³/mol. The van der Waals surface area contributed by atoms with E-state index in [1.807, 2.05) is 30.3 Å². The van der Waals surface area contributed by atoms with Crippen LogP contribution in [0, 0.1) is 5.92 Å². The van der Waals surface area contributed by atoms with Crippen LogP contribution in [0.3, 0.4) is 0 Å². The molecule has 0 radical (unpaired) electrons. The fourth-order valence-corrected chi connectivity index (χ4v) is 3.28. The van der Waals surface area contributed by atoms with E-state index in [9.17, 15) is 4.89 Å². The van der Waals surface area contributed by atoms with Gasteiger partial charge in [0.05, 0.1) is 0 Å². The van der Waals surface area contributed by atoms with Crippen LogP contribution in [0.25, 0.3) is 0 Å². The first-order valence-electron chi connectivity index (χ1n) is 8.70. The van der Waals surface area contributed by atoms with Gasteiger partial charge in [0.2, 0.25) is 0 Å². The van der Waals surface area contributed by atoms with Crippen LogP contribution in [0.15, 0.2) is 54.6 Å². The van der Waals surface area contributed by atoms with Gasteiger partial charge in [-0.05, 0) is 42.2 Å². The van der Waals surface area contributed by atoms with E-state index in [1.54, 1.807) is 12.1 Å². The van der Waals surface area contributed by atoms with Crippen molar-refractivity contribution in [1.82, 2.24) is 0 Å². The maximum Gasteiger partial charge on any atom is 0.460 e. The highest BCUT2D eigenvalue weighted by molar-refractivity contribution is 7.41. The van der Waals surface area contributed by atoms with E-state index in [4.69, 9.17) is 9.05 Å². The molecule has 0 aliphatic carbocycles. The van der Waals surface area contributed by atoms with E-state index in [2.05, 4.69) is 26.0 Å². The van der Waals surface area contributed by atoms with Crippen molar-refractivity contribution in [3.05, 3.63) is 60.2 Å². The van der Waals surface area contributed by atoms with Crippen LogP contribution in [-0.2, 0) is 6.42 Å². The van der Waals surface area contributed by atoms with Crippen molar-refractivity contribution >= 4 is 8.60 Å². The summed E-state index contributed by atoms with van der Waals surface area (Å²) in [5.41, 5.74) is 1.32. The van der Waals surface area contributed by atoms with Gasteiger partial charge in [-0.3, -0.25) is 0 Å². The highest BCUT2D eigenvalue weighted by Crippen LogP contribution is 2.36. The molecule has 130 valence electrons. The normalized spacial score (nSPS) is 13.3. The Morgan fingerprint density at radius 1 is 0.917 bits per heavy atom. The summed E-state index contributed by atoms with van der Waals surface area (Å²) in [7, 11) is -1.97. The molecule has 0 saturated heterocycles. The molecule has 24 heavy (non-hydrogen) atoms. The Balaban J connectivity index is 1.84. The zero-order valence-electron chi connectivity index (χ0n) is 14.5. The smallest absolute Gasteiger partial charge is 0.418 e. The third kappa shape index (κ3) is 6.51. The molecule has 0 fully saturated rings. The van der Waals surface area contributed by atoms with Gasteiger partial charge < -0.3 is 13.9 Å². The number of rotatable bonds is 10. The number of benzene rings is 2. The quantitative estimate of drug-likeness (QED) is 0.527. The third-order valence-electron chi connectivity index (χ3n) is 4.10. The summed E-state index contributed by atoms with van der Waals surface area (Å²) in [4.78, 5) is 9.93. The van der Waals surface area contributed by atoms with Crippen LogP contribution in [0.5, 0.6) is 11.5 Å². The lowest BCUT2D eigenvalue weighted by atomic mass is 9.92. The number of hydrogen-bond donors (Lipinski definition) is 1. The molecule has 0 heterocycles. The molecule has 2 rings (SSSR count). The topological polar surface area (TPSA) is 38.7 Å². The standard InChI is InChI=1S/C20H27O3P/c1-3-5-9-17(4-2)16-18-12-14-20(15-13-18)23-24(21)22-19-10-7-6-8-11-19/h6-8,10-15,17,21H,3-5,9,16H2,1-2H3. The van der Waals surface area contributed by atoms with E-state index in [-0.39, 0.29) is 0 Å². The van der Waals surface area contributed by atoms with Crippen molar-refractivity contribution in [2.24, 2.45) is 5.92 Å². The number of hydrogen-bond acceptors (Lipinski definition) is 3. The van der Waals surface area contributed by atoms with Gasteiger partial charge in [-0.25, -0.2) is 0 Å². The molecule has 0 aliphatic heterocycles.